The van der Waals surface area contributed by atoms with Crippen molar-refractivity contribution in [1.82, 2.24) is 10.4 Å². The van der Waals surface area contributed by atoms with Crippen LogP contribution in [-0.4, -0.2) is 42.2 Å². The number of nitrogens with two attached hydrogens (primary N) is 1. The van der Waals surface area contributed by atoms with E-state index in [0.29, 0.717) is 12.6 Å². The predicted molar refractivity (Wildman–Crippen MR) is 58.4 cm³/mol. The number of hydrogen-bond donors (Lipinski definition) is 3. The lowest BCUT2D eigenvalue weighted by atomic mass is 10.2. The molecule has 0 amide bonds. The lowest BCUT2D eigenvalue weighted by Crippen LogP contribution is -2.29. The van der Waals surface area contributed by atoms with Gasteiger partial charge in [0.15, 0.2) is 0 Å². The van der Waals surface area contributed by atoms with Crippen molar-refractivity contribution >= 4 is 5.96 Å². The molecule has 0 atom stereocenters. The molecule has 5 heteroatoms. The molecule has 0 aliphatic carbocycles. The number of hydroxylamine groups is 1. The summed E-state index contributed by atoms with van der Waals surface area (Å²) in [6.07, 6.45) is 2.08. The Morgan fingerprint density at radius 2 is 2.14 bits per heavy atom. The van der Waals surface area contributed by atoms with Crippen molar-refractivity contribution in [3.8, 4) is 0 Å². The molecule has 84 valence electrons. The molecule has 0 saturated heterocycles. The van der Waals surface area contributed by atoms with E-state index >= 15 is 0 Å². The first-order valence-corrected chi connectivity index (χ1v) is 4.98. The van der Waals surface area contributed by atoms with E-state index in [9.17, 15) is 0 Å². The molecule has 4 N–H and O–H groups in total. The van der Waals surface area contributed by atoms with Gasteiger partial charge >= 0.3 is 0 Å². The quantitative estimate of drug-likeness (QED) is 0.252. The molecule has 0 aromatic carbocycles. The number of unbranched alkanes of at least 4 members (excludes halogenated alkanes) is 1. The highest BCUT2D eigenvalue weighted by Crippen LogP contribution is 1.97. The van der Waals surface area contributed by atoms with Gasteiger partial charge < -0.3 is 10.6 Å². The highest BCUT2D eigenvalue weighted by Gasteiger charge is 2.01. The zero-order valence-electron chi connectivity index (χ0n) is 9.32. The van der Waals surface area contributed by atoms with Crippen molar-refractivity contribution in [2.75, 3.05) is 20.1 Å². The third-order valence-corrected chi connectivity index (χ3v) is 2.20. The van der Waals surface area contributed by atoms with Crippen molar-refractivity contribution in [2.45, 2.75) is 32.7 Å². The van der Waals surface area contributed by atoms with E-state index in [2.05, 4.69) is 30.8 Å². The molecular weight excluding hydrogens is 180 g/mol. The summed E-state index contributed by atoms with van der Waals surface area (Å²) < 4.78 is 0. The van der Waals surface area contributed by atoms with Crippen LogP contribution in [0.3, 0.4) is 0 Å². The first-order chi connectivity index (χ1) is 6.57. The van der Waals surface area contributed by atoms with Crippen molar-refractivity contribution in [1.29, 1.82) is 0 Å². The fraction of sp³-hybridized carbons (Fsp3) is 0.889. The number of hydrogen-bond acceptors (Lipinski definition) is 3. The SMILES string of the molecule is CC(C)N(C)CCCCN=C(N)NO. The van der Waals surface area contributed by atoms with Crippen LogP contribution in [0.2, 0.25) is 0 Å². The summed E-state index contributed by atoms with van der Waals surface area (Å²) in [6.45, 7) is 6.07. The Morgan fingerprint density at radius 3 is 2.64 bits per heavy atom. The minimum absolute atomic E-state index is 0.0854. The summed E-state index contributed by atoms with van der Waals surface area (Å²) >= 11 is 0. The van der Waals surface area contributed by atoms with Gasteiger partial charge in [-0.15, -0.1) is 0 Å². The molecule has 0 bridgehead atoms. The van der Waals surface area contributed by atoms with Crippen LogP contribution in [0.4, 0.5) is 0 Å². The average Bonchev–Trinajstić information content (AvgIpc) is 2.16. The molecule has 0 spiro atoms. The topological polar surface area (TPSA) is 73.9 Å². The molecule has 0 radical (unpaired) electrons. The van der Waals surface area contributed by atoms with E-state index < -0.39 is 0 Å². The molecule has 5 nitrogen and oxygen atoms in total. The second kappa shape index (κ2) is 7.58. The molecule has 0 unspecified atom stereocenters. The molecule has 0 aromatic heterocycles. The van der Waals surface area contributed by atoms with E-state index in [1.165, 1.54) is 0 Å². The molecular formula is C9H22N4O. The summed E-state index contributed by atoms with van der Waals surface area (Å²) in [5.74, 6) is 0.0854. The van der Waals surface area contributed by atoms with Crippen LogP contribution in [0.5, 0.6) is 0 Å². The Bertz CT molecular complexity index is 170. The average molecular weight is 202 g/mol. The largest absolute Gasteiger partial charge is 0.368 e. The zero-order valence-corrected chi connectivity index (χ0v) is 9.32. The Kier molecular flexibility index (Phi) is 7.14. The summed E-state index contributed by atoms with van der Waals surface area (Å²) in [6, 6.07) is 0.586. The maximum absolute atomic E-state index is 8.34. The van der Waals surface area contributed by atoms with E-state index in [0.717, 1.165) is 19.4 Å². The number of nitrogens with zero attached hydrogens (tertiary/aromatic N) is 2. The number of rotatable bonds is 6. The summed E-state index contributed by atoms with van der Waals surface area (Å²) in [5, 5.41) is 8.34. The minimum Gasteiger partial charge on any atom is -0.368 e. The molecule has 0 aliphatic rings. The van der Waals surface area contributed by atoms with Crippen molar-refractivity contribution in [2.24, 2.45) is 10.7 Å². The minimum atomic E-state index is 0.0854. The van der Waals surface area contributed by atoms with E-state index in [4.69, 9.17) is 10.9 Å². The van der Waals surface area contributed by atoms with E-state index in [1.54, 1.807) is 5.48 Å². The van der Waals surface area contributed by atoms with Crippen LogP contribution in [0.15, 0.2) is 4.99 Å². The second-order valence-electron chi connectivity index (χ2n) is 3.66. The number of aliphatic imine (C=N–C) groups is 1. The lowest BCUT2D eigenvalue weighted by Gasteiger charge is -2.20. The summed E-state index contributed by atoms with van der Waals surface area (Å²) in [7, 11) is 2.11. The molecule has 0 saturated carbocycles. The highest BCUT2D eigenvalue weighted by molar-refractivity contribution is 5.76. The van der Waals surface area contributed by atoms with Crippen LogP contribution < -0.4 is 11.2 Å². The monoisotopic (exact) mass is 202 g/mol. The van der Waals surface area contributed by atoms with E-state index in [-0.39, 0.29) is 5.96 Å². The molecule has 0 aromatic rings. The first-order valence-electron chi connectivity index (χ1n) is 4.98. The third-order valence-electron chi connectivity index (χ3n) is 2.20. The van der Waals surface area contributed by atoms with Gasteiger partial charge in [0.1, 0.15) is 0 Å². The maximum atomic E-state index is 8.34. The number of guanidine groups is 1. The van der Waals surface area contributed by atoms with E-state index in [1.807, 2.05) is 0 Å². The highest BCUT2D eigenvalue weighted by atomic mass is 16.5. The van der Waals surface area contributed by atoms with Gasteiger partial charge in [0, 0.05) is 12.6 Å². The van der Waals surface area contributed by atoms with Crippen LogP contribution in [0.1, 0.15) is 26.7 Å². The van der Waals surface area contributed by atoms with Crippen molar-refractivity contribution in [3.05, 3.63) is 0 Å². The van der Waals surface area contributed by atoms with Gasteiger partial charge in [-0.1, -0.05) is 0 Å². The van der Waals surface area contributed by atoms with Gasteiger partial charge in [-0.2, -0.15) is 0 Å². The van der Waals surface area contributed by atoms with Crippen LogP contribution in [-0.2, 0) is 0 Å². The predicted octanol–water partition coefficient (Wildman–Crippen LogP) is 0.400. The first kappa shape index (κ1) is 13.2. The second-order valence-corrected chi connectivity index (χ2v) is 3.66. The van der Waals surface area contributed by atoms with Crippen molar-refractivity contribution in [3.63, 3.8) is 0 Å². The molecule has 0 rings (SSSR count). The molecule has 0 aliphatic heterocycles. The van der Waals surface area contributed by atoms with Crippen molar-refractivity contribution < 1.29 is 5.21 Å². The Morgan fingerprint density at radius 1 is 1.50 bits per heavy atom. The molecule has 14 heavy (non-hydrogen) atoms. The normalized spacial score (nSPS) is 12.6. The maximum Gasteiger partial charge on any atom is 0.212 e. The number of nitrogens with one attached hydrogen (secondary N) is 1. The van der Waals surface area contributed by atoms with Gasteiger partial charge in [-0.05, 0) is 40.3 Å². The van der Waals surface area contributed by atoms with Crippen LogP contribution in [0, 0.1) is 0 Å². The fourth-order valence-electron chi connectivity index (χ4n) is 0.966. The van der Waals surface area contributed by atoms with Gasteiger partial charge in [0.2, 0.25) is 5.96 Å². The molecule has 0 fully saturated rings. The Balaban J connectivity index is 3.38. The van der Waals surface area contributed by atoms with Gasteiger partial charge in [0.25, 0.3) is 0 Å². The standard InChI is InChI=1S/C9H22N4O/c1-8(2)13(3)7-5-4-6-11-9(10)12-14/h8,14H,4-7H2,1-3H3,(H3,10,11,12). The summed E-state index contributed by atoms with van der Waals surface area (Å²) in [4.78, 5) is 6.19. The summed E-state index contributed by atoms with van der Waals surface area (Å²) in [5.41, 5.74) is 7.04. The van der Waals surface area contributed by atoms with Gasteiger partial charge in [-0.3, -0.25) is 10.2 Å². The third kappa shape index (κ3) is 6.68. The van der Waals surface area contributed by atoms with Gasteiger partial charge in [-0.25, -0.2) is 5.48 Å². The lowest BCUT2D eigenvalue weighted by molar-refractivity contribution is 0.232. The Hall–Kier alpha value is -0.810. The fourth-order valence-corrected chi connectivity index (χ4v) is 0.966. The zero-order chi connectivity index (χ0) is 11.0. The smallest absolute Gasteiger partial charge is 0.212 e. The molecule has 0 heterocycles. The Labute approximate surface area is 86.0 Å². The van der Waals surface area contributed by atoms with Crippen LogP contribution in [0.25, 0.3) is 0 Å². The van der Waals surface area contributed by atoms with Crippen LogP contribution >= 0.6 is 0 Å². The van der Waals surface area contributed by atoms with Gasteiger partial charge in [0.05, 0.1) is 0 Å².